The number of pyridine rings is 1. The molecule has 2 aromatic heterocycles. The zero-order valence-electron chi connectivity index (χ0n) is 7.02. The van der Waals surface area contributed by atoms with Crippen molar-refractivity contribution in [3.8, 4) is 0 Å². The Hall–Kier alpha value is -0.310. The molecule has 7 heteroatoms. The second-order valence-corrected chi connectivity index (χ2v) is 4.81. The van der Waals surface area contributed by atoms with Gasteiger partial charge in [-0.25, -0.2) is 4.98 Å². The number of hydrogen-bond acceptors (Lipinski definition) is 1. The zero-order chi connectivity index (χ0) is 11.2. The predicted octanol–water partition coefficient (Wildman–Crippen LogP) is 3.72. The first kappa shape index (κ1) is 11.2. The number of fused-ring (bicyclic) bond motifs is 1. The number of halogens is 5. The quantitative estimate of drug-likeness (QED) is 0.627. The van der Waals surface area contributed by atoms with Crippen LogP contribution < -0.4 is 0 Å². The van der Waals surface area contributed by atoms with E-state index in [-0.39, 0.29) is 0 Å². The molecule has 0 aliphatic carbocycles. The average Bonchev–Trinajstić information content (AvgIpc) is 2.47. The molecular formula is C8H3BrF3IN2. The van der Waals surface area contributed by atoms with E-state index >= 15 is 0 Å². The summed E-state index contributed by atoms with van der Waals surface area (Å²) in [6.45, 7) is 0. The first-order valence-electron chi connectivity index (χ1n) is 3.79. The number of imidazole rings is 1. The van der Waals surface area contributed by atoms with Crippen LogP contribution in [0.5, 0.6) is 0 Å². The van der Waals surface area contributed by atoms with Crippen molar-refractivity contribution in [1.29, 1.82) is 0 Å². The van der Waals surface area contributed by atoms with Crippen LogP contribution in [0.1, 0.15) is 5.56 Å². The molecule has 0 fully saturated rings. The lowest BCUT2D eigenvalue weighted by atomic mass is 10.3. The molecule has 2 heterocycles. The van der Waals surface area contributed by atoms with Gasteiger partial charge in [0.15, 0.2) is 5.65 Å². The summed E-state index contributed by atoms with van der Waals surface area (Å²) < 4.78 is 39.8. The highest BCUT2D eigenvalue weighted by atomic mass is 127. The van der Waals surface area contributed by atoms with Crippen LogP contribution in [0.2, 0.25) is 0 Å². The molecule has 0 radical (unpaired) electrons. The molecule has 80 valence electrons. The largest absolute Gasteiger partial charge is 0.417 e. The van der Waals surface area contributed by atoms with Gasteiger partial charge in [-0.2, -0.15) is 13.2 Å². The van der Waals surface area contributed by atoms with E-state index in [4.69, 9.17) is 0 Å². The Morgan fingerprint density at radius 1 is 1.40 bits per heavy atom. The van der Waals surface area contributed by atoms with E-state index in [1.165, 1.54) is 10.6 Å². The molecule has 2 nitrogen and oxygen atoms in total. The molecule has 2 aromatic rings. The van der Waals surface area contributed by atoms with Crippen LogP contribution in [0.15, 0.2) is 22.9 Å². The molecule has 0 bridgehead atoms. The van der Waals surface area contributed by atoms with Crippen molar-refractivity contribution in [3.05, 3.63) is 32.2 Å². The fourth-order valence-corrected chi connectivity index (χ4v) is 2.22. The van der Waals surface area contributed by atoms with Gasteiger partial charge in [0.2, 0.25) is 0 Å². The molecular weight excluding hydrogens is 388 g/mol. The van der Waals surface area contributed by atoms with Crippen LogP contribution in [-0.2, 0) is 6.18 Å². The zero-order valence-corrected chi connectivity index (χ0v) is 10.8. The van der Waals surface area contributed by atoms with E-state index in [1.807, 2.05) is 22.6 Å². The van der Waals surface area contributed by atoms with Crippen LogP contribution >= 0.6 is 38.5 Å². The predicted molar refractivity (Wildman–Crippen MR) is 60.6 cm³/mol. The van der Waals surface area contributed by atoms with Crippen molar-refractivity contribution >= 4 is 44.2 Å². The number of hydrogen-bond donors (Lipinski definition) is 0. The van der Waals surface area contributed by atoms with Crippen molar-refractivity contribution in [2.45, 2.75) is 6.18 Å². The Balaban J connectivity index is 2.76. The van der Waals surface area contributed by atoms with Crippen LogP contribution in [0.3, 0.4) is 0 Å². The van der Waals surface area contributed by atoms with E-state index in [9.17, 15) is 13.2 Å². The maximum absolute atomic E-state index is 12.5. The van der Waals surface area contributed by atoms with Gasteiger partial charge in [0.25, 0.3) is 0 Å². The van der Waals surface area contributed by atoms with Gasteiger partial charge in [0, 0.05) is 6.20 Å². The third-order valence-corrected chi connectivity index (χ3v) is 3.22. The molecule has 0 N–H and O–H groups in total. The third kappa shape index (κ3) is 1.99. The van der Waals surface area contributed by atoms with Crippen molar-refractivity contribution < 1.29 is 13.2 Å². The fraction of sp³-hybridized carbons (Fsp3) is 0.125. The van der Waals surface area contributed by atoms with Gasteiger partial charge in [-0.1, -0.05) is 0 Å². The minimum Gasteiger partial charge on any atom is -0.293 e. The summed E-state index contributed by atoms with van der Waals surface area (Å²) in [5.74, 6) is 0. The summed E-state index contributed by atoms with van der Waals surface area (Å²) in [4.78, 5) is 3.98. The van der Waals surface area contributed by atoms with E-state index in [1.54, 1.807) is 0 Å². The molecule has 0 atom stereocenters. The summed E-state index contributed by atoms with van der Waals surface area (Å²) >= 11 is 4.99. The fourth-order valence-electron chi connectivity index (χ4n) is 1.17. The van der Waals surface area contributed by atoms with Crippen molar-refractivity contribution in [3.63, 3.8) is 0 Å². The van der Waals surface area contributed by atoms with Crippen molar-refractivity contribution in [2.24, 2.45) is 0 Å². The summed E-state index contributed by atoms with van der Waals surface area (Å²) in [5.41, 5.74) is -0.217. The molecule has 0 aromatic carbocycles. The molecule has 0 aliphatic heterocycles. The number of alkyl halides is 3. The van der Waals surface area contributed by atoms with Crippen molar-refractivity contribution in [1.82, 2.24) is 9.38 Å². The van der Waals surface area contributed by atoms with Crippen LogP contribution in [0.4, 0.5) is 13.2 Å². The highest BCUT2D eigenvalue weighted by Crippen LogP contribution is 2.32. The molecule has 0 saturated carbocycles. The smallest absolute Gasteiger partial charge is 0.293 e. The molecule has 0 spiro atoms. The van der Waals surface area contributed by atoms with E-state index in [2.05, 4.69) is 20.9 Å². The topological polar surface area (TPSA) is 17.3 Å². The molecule has 0 aliphatic rings. The van der Waals surface area contributed by atoms with Crippen LogP contribution in [0.25, 0.3) is 5.65 Å². The van der Waals surface area contributed by atoms with Gasteiger partial charge < -0.3 is 0 Å². The lowest BCUT2D eigenvalue weighted by molar-refractivity contribution is -0.137. The van der Waals surface area contributed by atoms with E-state index < -0.39 is 11.7 Å². The number of aromatic nitrogens is 2. The first-order chi connectivity index (χ1) is 6.89. The summed E-state index contributed by atoms with van der Waals surface area (Å²) in [7, 11) is 0. The minimum atomic E-state index is -4.34. The monoisotopic (exact) mass is 390 g/mol. The Morgan fingerprint density at radius 2 is 2.07 bits per heavy atom. The second kappa shape index (κ2) is 3.62. The SMILES string of the molecule is FC(F)(F)c1cc(Br)c2ncc(I)n2c1. The van der Waals surface area contributed by atoms with Gasteiger partial charge in [0.05, 0.1) is 16.2 Å². The van der Waals surface area contributed by atoms with Gasteiger partial charge in [-0.3, -0.25) is 4.40 Å². The Bertz CT molecular complexity index is 520. The number of rotatable bonds is 0. The molecule has 0 amide bonds. The standard InChI is InChI=1S/C8H3BrF3IN2/c9-5-1-4(8(10,11)12)3-15-6(13)2-14-7(5)15/h1-3H. The second-order valence-electron chi connectivity index (χ2n) is 2.85. The lowest BCUT2D eigenvalue weighted by Gasteiger charge is -2.08. The Labute approximate surface area is 105 Å². The van der Waals surface area contributed by atoms with Crippen LogP contribution in [-0.4, -0.2) is 9.38 Å². The summed E-state index contributed by atoms with van der Waals surface area (Å²) in [6, 6.07) is 1.03. The highest BCUT2D eigenvalue weighted by Gasteiger charge is 2.31. The van der Waals surface area contributed by atoms with E-state index in [0.29, 0.717) is 13.8 Å². The highest BCUT2D eigenvalue weighted by molar-refractivity contribution is 14.1. The molecule has 15 heavy (non-hydrogen) atoms. The number of nitrogens with zero attached hydrogens (tertiary/aromatic N) is 2. The van der Waals surface area contributed by atoms with Gasteiger partial charge >= 0.3 is 6.18 Å². The molecule has 0 unspecified atom stereocenters. The maximum Gasteiger partial charge on any atom is 0.417 e. The normalized spacial score (nSPS) is 12.3. The summed E-state index contributed by atoms with van der Waals surface area (Å²) in [6.07, 6.45) is -1.79. The molecule has 0 saturated heterocycles. The van der Waals surface area contributed by atoms with E-state index in [0.717, 1.165) is 12.3 Å². The van der Waals surface area contributed by atoms with Crippen LogP contribution in [0, 0.1) is 3.70 Å². The van der Waals surface area contributed by atoms with Gasteiger partial charge in [0.1, 0.15) is 3.70 Å². The lowest BCUT2D eigenvalue weighted by Crippen LogP contribution is -2.07. The summed E-state index contributed by atoms with van der Waals surface area (Å²) in [5, 5.41) is 0. The third-order valence-electron chi connectivity index (χ3n) is 1.84. The average molecular weight is 391 g/mol. The van der Waals surface area contributed by atoms with Gasteiger partial charge in [-0.05, 0) is 44.6 Å². The Morgan fingerprint density at radius 3 is 2.67 bits per heavy atom. The molecule has 2 rings (SSSR count). The Kier molecular flexibility index (Phi) is 2.70. The van der Waals surface area contributed by atoms with Crippen molar-refractivity contribution in [2.75, 3.05) is 0 Å². The first-order valence-corrected chi connectivity index (χ1v) is 5.66. The van der Waals surface area contributed by atoms with Gasteiger partial charge in [-0.15, -0.1) is 0 Å². The minimum absolute atomic E-state index is 0.334. The maximum atomic E-state index is 12.5.